The Balaban J connectivity index is 1.57. The highest BCUT2D eigenvalue weighted by molar-refractivity contribution is 6.30. The van der Waals surface area contributed by atoms with Crippen molar-refractivity contribution in [2.24, 2.45) is 7.05 Å². The van der Waals surface area contributed by atoms with Gasteiger partial charge in [-0.1, -0.05) is 23.7 Å². The molecule has 0 aliphatic carbocycles. The van der Waals surface area contributed by atoms with Gasteiger partial charge >= 0.3 is 5.69 Å². The standard InChI is InChI=1S/C21H27ClN6O3/c1-3-31-13-12-28-17-18(25(2)21(30)24-19(17)29)23-20(28)27-10-8-26(9-11-27)14-15-4-6-16(22)7-5-15/h4-7H,3,8-14H2,1-2H3,(H,24,29,30). The van der Waals surface area contributed by atoms with Crippen LogP contribution in [-0.2, 0) is 24.9 Å². The number of imidazole rings is 1. The number of nitrogens with one attached hydrogen (secondary N) is 1. The number of aryl methyl sites for hydroxylation is 1. The molecule has 10 heteroatoms. The lowest BCUT2D eigenvalue weighted by molar-refractivity contribution is 0.140. The molecular weight excluding hydrogens is 420 g/mol. The number of halogens is 1. The second-order valence-electron chi connectivity index (χ2n) is 7.64. The zero-order valence-corrected chi connectivity index (χ0v) is 18.6. The maximum Gasteiger partial charge on any atom is 0.329 e. The summed E-state index contributed by atoms with van der Waals surface area (Å²) in [6, 6.07) is 7.93. The summed E-state index contributed by atoms with van der Waals surface area (Å²) in [6.45, 7) is 7.64. The third-order valence-corrected chi connectivity index (χ3v) is 5.88. The molecule has 0 atom stereocenters. The molecule has 1 aliphatic rings. The molecule has 1 saturated heterocycles. The van der Waals surface area contributed by atoms with E-state index in [-0.39, 0.29) is 0 Å². The van der Waals surface area contributed by atoms with E-state index in [2.05, 4.69) is 26.9 Å². The van der Waals surface area contributed by atoms with Gasteiger partial charge in [-0.05, 0) is 24.6 Å². The molecular formula is C21H27ClN6O3. The summed E-state index contributed by atoms with van der Waals surface area (Å²) in [4.78, 5) is 36.3. The summed E-state index contributed by atoms with van der Waals surface area (Å²) < 4.78 is 8.77. The molecule has 0 radical (unpaired) electrons. The van der Waals surface area contributed by atoms with Crippen molar-refractivity contribution in [3.63, 3.8) is 0 Å². The fraction of sp³-hybridized carbons (Fsp3) is 0.476. The summed E-state index contributed by atoms with van der Waals surface area (Å²) in [5, 5.41) is 0.740. The highest BCUT2D eigenvalue weighted by Gasteiger charge is 2.24. The van der Waals surface area contributed by atoms with Crippen molar-refractivity contribution in [2.75, 3.05) is 44.3 Å². The Hall–Kier alpha value is -2.62. The number of nitrogens with zero attached hydrogens (tertiary/aromatic N) is 5. The highest BCUT2D eigenvalue weighted by atomic mass is 35.5. The number of piperazine rings is 1. The number of rotatable bonds is 7. The molecule has 0 saturated carbocycles. The van der Waals surface area contributed by atoms with Crippen LogP contribution < -0.4 is 16.1 Å². The SMILES string of the molecule is CCOCCn1c(N2CCN(Cc3ccc(Cl)cc3)CC2)nc2c1c(=O)[nH]c(=O)n2C. The normalized spacial score (nSPS) is 15.1. The van der Waals surface area contributed by atoms with Crippen LogP contribution in [0.15, 0.2) is 33.9 Å². The molecule has 3 heterocycles. The number of fused-ring (bicyclic) bond motifs is 1. The summed E-state index contributed by atoms with van der Waals surface area (Å²) in [5.41, 5.74) is 1.13. The van der Waals surface area contributed by atoms with Crippen molar-refractivity contribution < 1.29 is 4.74 Å². The van der Waals surface area contributed by atoms with Crippen molar-refractivity contribution in [2.45, 2.75) is 20.0 Å². The first-order valence-corrected chi connectivity index (χ1v) is 10.8. The number of aromatic nitrogens is 4. The van der Waals surface area contributed by atoms with Gasteiger partial charge < -0.3 is 14.2 Å². The molecule has 1 aliphatic heterocycles. The number of benzene rings is 1. The summed E-state index contributed by atoms with van der Waals surface area (Å²) in [7, 11) is 1.62. The van der Waals surface area contributed by atoms with Crippen molar-refractivity contribution in [3.8, 4) is 0 Å². The Labute approximate surface area is 184 Å². The van der Waals surface area contributed by atoms with Crippen molar-refractivity contribution in [1.29, 1.82) is 0 Å². The van der Waals surface area contributed by atoms with E-state index in [1.54, 1.807) is 7.05 Å². The Morgan fingerprint density at radius 2 is 1.84 bits per heavy atom. The first-order valence-electron chi connectivity index (χ1n) is 10.5. The average molecular weight is 447 g/mol. The number of anilines is 1. The first-order chi connectivity index (χ1) is 15.0. The monoisotopic (exact) mass is 446 g/mol. The van der Waals surface area contributed by atoms with Crippen LogP contribution in [0.3, 0.4) is 0 Å². The van der Waals surface area contributed by atoms with E-state index in [4.69, 9.17) is 21.3 Å². The molecule has 1 aromatic carbocycles. The van der Waals surface area contributed by atoms with Crippen molar-refractivity contribution >= 4 is 28.7 Å². The topological polar surface area (TPSA) is 88.4 Å². The van der Waals surface area contributed by atoms with E-state index in [0.717, 1.165) is 37.7 Å². The fourth-order valence-corrected chi connectivity index (χ4v) is 4.06. The van der Waals surface area contributed by atoms with Crippen molar-refractivity contribution in [3.05, 3.63) is 55.7 Å². The van der Waals surface area contributed by atoms with Crippen LogP contribution in [0.25, 0.3) is 11.2 Å². The Kier molecular flexibility index (Phi) is 6.45. The number of hydrogen-bond acceptors (Lipinski definition) is 6. The number of hydrogen-bond donors (Lipinski definition) is 1. The number of ether oxygens (including phenoxy) is 1. The van der Waals surface area contributed by atoms with Gasteiger partial charge in [0, 0.05) is 57.9 Å². The molecule has 1 fully saturated rings. The van der Waals surface area contributed by atoms with Gasteiger partial charge in [-0.25, -0.2) is 4.79 Å². The predicted molar refractivity (Wildman–Crippen MR) is 121 cm³/mol. The van der Waals surface area contributed by atoms with Gasteiger partial charge in [-0.3, -0.25) is 19.2 Å². The van der Waals surface area contributed by atoms with E-state index < -0.39 is 11.2 Å². The molecule has 0 unspecified atom stereocenters. The second kappa shape index (κ2) is 9.25. The van der Waals surface area contributed by atoms with Gasteiger partial charge in [0.2, 0.25) is 5.95 Å². The molecule has 0 amide bonds. The van der Waals surface area contributed by atoms with Crippen LogP contribution in [0.2, 0.25) is 5.02 Å². The molecule has 9 nitrogen and oxygen atoms in total. The van der Waals surface area contributed by atoms with E-state index in [1.807, 2.05) is 23.6 Å². The first kappa shape index (κ1) is 21.6. The minimum absolute atomic E-state index is 0.392. The maximum absolute atomic E-state index is 12.6. The summed E-state index contributed by atoms with van der Waals surface area (Å²) >= 11 is 5.98. The number of H-pyrrole nitrogens is 1. The Morgan fingerprint density at radius 1 is 1.13 bits per heavy atom. The van der Waals surface area contributed by atoms with E-state index in [9.17, 15) is 9.59 Å². The molecule has 0 bridgehead atoms. The molecule has 2 aromatic heterocycles. The number of aromatic amines is 1. The van der Waals surface area contributed by atoms with Gasteiger partial charge in [0.15, 0.2) is 11.2 Å². The molecule has 1 N–H and O–H groups in total. The lowest BCUT2D eigenvalue weighted by atomic mass is 10.2. The average Bonchev–Trinajstić information content (AvgIpc) is 3.15. The molecule has 3 aromatic rings. The lowest BCUT2D eigenvalue weighted by Gasteiger charge is -2.35. The minimum atomic E-state index is -0.466. The fourth-order valence-electron chi connectivity index (χ4n) is 3.93. The third kappa shape index (κ3) is 4.53. The van der Waals surface area contributed by atoms with Crippen LogP contribution in [0, 0.1) is 0 Å². The highest BCUT2D eigenvalue weighted by Crippen LogP contribution is 2.21. The van der Waals surface area contributed by atoms with Crippen LogP contribution in [0.4, 0.5) is 5.95 Å². The van der Waals surface area contributed by atoms with Crippen molar-refractivity contribution in [1.82, 2.24) is 24.0 Å². The van der Waals surface area contributed by atoms with Crippen LogP contribution in [-0.4, -0.2) is 63.4 Å². The summed E-state index contributed by atoms with van der Waals surface area (Å²) in [5.74, 6) is 0.701. The molecule has 4 rings (SSSR count). The third-order valence-electron chi connectivity index (χ3n) is 5.62. The van der Waals surface area contributed by atoms with Gasteiger partial charge in [-0.15, -0.1) is 0 Å². The van der Waals surface area contributed by atoms with Gasteiger partial charge in [-0.2, -0.15) is 4.98 Å². The molecule has 166 valence electrons. The zero-order chi connectivity index (χ0) is 22.0. The quantitative estimate of drug-likeness (QED) is 0.552. The largest absolute Gasteiger partial charge is 0.380 e. The smallest absolute Gasteiger partial charge is 0.329 e. The Morgan fingerprint density at radius 3 is 2.52 bits per heavy atom. The predicted octanol–water partition coefficient (Wildman–Crippen LogP) is 1.44. The Bertz CT molecular complexity index is 1160. The minimum Gasteiger partial charge on any atom is -0.380 e. The molecule has 0 spiro atoms. The zero-order valence-electron chi connectivity index (χ0n) is 17.8. The van der Waals surface area contributed by atoms with E-state index in [0.29, 0.717) is 36.9 Å². The molecule has 31 heavy (non-hydrogen) atoms. The lowest BCUT2D eigenvalue weighted by Crippen LogP contribution is -2.47. The van der Waals surface area contributed by atoms with Gasteiger partial charge in [0.1, 0.15) is 0 Å². The van der Waals surface area contributed by atoms with Crippen LogP contribution >= 0.6 is 11.6 Å². The van der Waals surface area contributed by atoms with E-state index in [1.165, 1.54) is 10.1 Å². The van der Waals surface area contributed by atoms with Crippen LogP contribution in [0.1, 0.15) is 12.5 Å². The van der Waals surface area contributed by atoms with Gasteiger partial charge in [0.05, 0.1) is 6.61 Å². The maximum atomic E-state index is 12.6. The summed E-state index contributed by atoms with van der Waals surface area (Å²) in [6.07, 6.45) is 0. The van der Waals surface area contributed by atoms with Crippen LogP contribution in [0.5, 0.6) is 0 Å². The van der Waals surface area contributed by atoms with E-state index >= 15 is 0 Å². The van der Waals surface area contributed by atoms with Gasteiger partial charge in [0.25, 0.3) is 5.56 Å². The second-order valence-corrected chi connectivity index (χ2v) is 8.08.